The minimum atomic E-state index is -0.660. The molecule has 0 bridgehead atoms. The Labute approximate surface area is 196 Å². The van der Waals surface area contributed by atoms with Crippen LogP contribution in [0.25, 0.3) is 21.7 Å². The fourth-order valence-corrected chi connectivity index (χ4v) is 4.13. The minimum Gasteiger partial charge on any atom is -0.442 e. The van der Waals surface area contributed by atoms with Gasteiger partial charge in [0.25, 0.3) is 5.56 Å². The Hall–Kier alpha value is -2.61. The third-order valence-electron chi connectivity index (χ3n) is 4.96. The smallest absolute Gasteiger partial charge is 0.442 e. The number of aromatic nitrogens is 2. The van der Waals surface area contributed by atoms with Gasteiger partial charge in [-0.3, -0.25) is 9.78 Å². The van der Waals surface area contributed by atoms with Crippen LogP contribution >= 0.6 is 15.9 Å². The van der Waals surface area contributed by atoms with E-state index in [-0.39, 0.29) is 11.6 Å². The van der Waals surface area contributed by atoms with Crippen molar-refractivity contribution in [3.8, 4) is 5.75 Å². The number of carbonyl (C=O) groups excluding carboxylic acids is 1. The van der Waals surface area contributed by atoms with Gasteiger partial charge < -0.3 is 14.6 Å². The summed E-state index contributed by atoms with van der Waals surface area (Å²) in [4.78, 5) is 38.8. The molecule has 1 atom stereocenters. The maximum Gasteiger partial charge on any atom is 0.443 e. The van der Waals surface area contributed by atoms with Crippen molar-refractivity contribution >= 4 is 43.7 Å². The van der Waals surface area contributed by atoms with Gasteiger partial charge in [0.2, 0.25) is 0 Å². The summed E-state index contributed by atoms with van der Waals surface area (Å²) >= 11 is 3.57. The molecule has 2 aromatic heterocycles. The van der Waals surface area contributed by atoms with Gasteiger partial charge in [-0.1, -0.05) is 13.8 Å². The second-order valence-corrected chi connectivity index (χ2v) is 10.3. The second-order valence-electron chi connectivity index (χ2n) is 9.48. The van der Waals surface area contributed by atoms with Gasteiger partial charge in [0.05, 0.1) is 27.1 Å². The summed E-state index contributed by atoms with van der Waals surface area (Å²) in [5.41, 5.74) is 0.392. The molecule has 3 rings (SSSR count). The molecule has 172 valence electrons. The van der Waals surface area contributed by atoms with E-state index in [0.717, 1.165) is 17.2 Å². The zero-order valence-electron chi connectivity index (χ0n) is 19.6. The fraction of sp³-hybridized carbons (Fsp3) is 0.458. The molecule has 0 unspecified atom stereocenters. The number of aryl methyl sites for hydroxylation is 1. The number of amides is 1. The van der Waals surface area contributed by atoms with Gasteiger partial charge in [-0.2, -0.15) is 0 Å². The third-order valence-corrected chi connectivity index (χ3v) is 5.58. The molecule has 0 aliphatic heterocycles. The SMILES string of the molecule is Cc1nccc2c1c(=O)[nH]c1cc(ON(C(=O)OC(C)(C)C)[C@@H](C)CC(C)C)c(Br)cc12. The van der Waals surface area contributed by atoms with Crippen LogP contribution in [-0.2, 0) is 4.74 Å². The van der Waals surface area contributed by atoms with E-state index >= 15 is 0 Å². The predicted octanol–water partition coefficient (Wildman–Crippen LogP) is 6.11. The van der Waals surface area contributed by atoms with Crippen molar-refractivity contribution in [2.75, 3.05) is 0 Å². The van der Waals surface area contributed by atoms with Crippen molar-refractivity contribution < 1.29 is 14.4 Å². The number of hydroxylamine groups is 2. The van der Waals surface area contributed by atoms with Crippen molar-refractivity contribution in [1.29, 1.82) is 0 Å². The van der Waals surface area contributed by atoms with Crippen LogP contribution in [0.1, 0.15) is 53.7 Å². The number of nitrogens with one attached hydrogen (secondary N) is 1. The Bertz CT molecular complexity index is 1210. The average molecular weight is 504 g/mol. The molecule has 1 N–H and O–H groups in total. The van der Waals surface area contributed by atoms with Crippen LogP contribution in [-0.4, -0.2) is 32.8 Å². The normalized spacial score (nSPS) is 12.9. The molecule has 8 heteroatoms. The summed E-state index contributed by atoms with van der Waals surface area (Å²) in [7, 11) is 0. The summed E-state index contributed by atoms with van der Waals surface area (Å²) in [6.07, 6.45) is 1.86. The third kappa shape index (κ3) is 5.23. The van der Waals surface area contributed by atoms with E-state index in [4.69, 9.17) is 9.57 Å². The molecule has 1 amide bonds. The van der Waals surface area contributed by atoms with Crippen LogP contribution in [0.2, 0.25) is 0 Å². The van der Waals surface area contributed by atoms with Crippen LogP contribution in [0.15, 0.2) is 33.7 Å². The summed E-state index contributed by atoms with van der Waals surface area (Å²) in [5, 5.41) is 3.48. The van der Waals surface area contributed by atoms with Gasteiger partial charge in [0.1, 0.15) is 5.60 Å². The van der Waals surface area contributed by atoms with Crippen molar-refractivity contribution in [3.05, 3.63) is 44.9 Å². The van der Waals surface area contributed by atoms with Crippen LogP contribution in [0.3, 0.4) is 0 Å². The molecule has 0 radical (unpaired) electrons. The van der Waals surface area contributed by atoms with E-state index in [2.05, 4.69) is 39.7 Å². The Morgan fingerprint density at radius 3 is 2.53 bits per heavy atom. The van der Waals surface area contributed by atoms with Crippen molar-refractivity contribution in [2.24, 2.45) is 5.92 Å². The van der Waals surface area contributed by atoms with E-state index < -0.39 is 11.7 Å². The van der Waals surface area contributed by atoms with Gasteiger partial charge in [-0.25, -0.2) is 4.79 Å². The quantitative estimate of drug-likeness (QED) is 0.335. The lowest BCUT2D eigenvalue weighted by Gasteiger charge is -2.31. The first-order chi connectivity index (χ1) is 14.9. The van der Waals surface area contributed by atoms with Gasteiger partial charge in [-0.05, 0) is 80.4 Å². The number of carbonyl (C=O) groups is 1. The van der Waals surface area contributed by atoms with Crippen LogP contribution in [0, 0.1) is 12.8 Å². The topological polar surface area (TPSA) is 84.5 Å². The van der Waals surface area contributed by atoms with Gasteiger partial charge in [0.15, 0.2) is 5.75 Å². The summed E-state index contributed by atoms with van der Waals surface area (Å²) < 4.78 is 6.23. The van der Waals surface area contributed by atoms with E-state index in [1.165, 1.54) is 5.06 Å². The number of fused-ring (bicyclic) bond motifs is 3. The van der Waals surface area contributed by atoms with Crippen LogP contribution < -0.4 is 10.4 Å². The number of nitrogens with zero attached hydrogens (tertiary/aromatic N) is 2. The molecule has 3 aromatic rings. The number of hydrogen-bond donors (Lipinski definition) is 1. The fourth-order valence-electron chi connectivity index (χ4n) is 3.71. The molecular formula is C24H30BrN3O4. The molecule has 1 aromatic carbocycles. The highest BCUT2D eigenvalue weighted by Gasteiger charge is 2.29. The van der Waals surface area contributed by atoms with Crippen LogP contribution in [0.4, 0.5) is 4.79 Å². The van der Waals surface area contributed by atoms with E-state index in [1.807, 2.05) is 46.8 Å². The van der Waals surface area contributed by atoms with E-state index in [9.17, 15) is 9.59 Å². The number of pyridine rings is 2. The molecule has 0 spiro atoms. The number of benzene rings is 1. The number of aromatic amines is 1. The van der Waals surface area contributed by atoms with Crippen molar-refractivity contribution in [2.45, 2.75) is 66.5 Å². The first-order valence-electron chi connectivity index (χ1n) is 10.7. The highest BCUT2D eigenvalue weighted by atomic mass is 79.9. The number of halogens is 1. The van der Waals surface area contributed by atoms with E-state index in [1.54, 1.807) is 12.3 Å². The van der Waals surface area contributed by atoms with Gasteiger partial charge in [-0.15, -0.1) is 5.06 Å². The summed E-state index contributed by atoms with van der Waals surface area (Å²) in [6, 6.07) is 5.19. The van der Waals surface area contributed by atoms with Gasteiger partial charge in [0, 0.05) is 17.6 Å². The highest BCUT2D eigenvalue weighted by molar-refractivity contribution is 9.10. The van der Waals surface area contributed by atoms with Gasteiger partial charge >= 0.3 is 6.09 Å². The van der Waals surface area contributed by atoms with Crippen molar-refractivity contribution in [1.82, 2.24) is 15.0 Å². The Morgan fingerprint density at radius 2 is 1.91 bits per heavy atom. The summed E-state index contributed by atoms with van der Waals surface area (Å²) in [6.45, 7) is 13.3. The lowest BCUT2D eigenvalue weighted by atomic mass is 10.1. The van der Waals surface area contributed by atoms with Crippen molar-refractivity contribution in [3.63, 3.8) is 0 Å². The number of rotatable bonds is 5. The van der Waals surface area contributed by atoms with E-state index in [0.29, 0.717) is 32.7 Å². The largest absolute Gasteiger partial charge is 0.443 e. The average Bonchev–Trinajstić information content (AvgIpc) is 2.65. The summed E-state index contributed by atoms with van der Waals surface area (Å²) in [5.74, 6) is 0.762. The highest BCUT2D eigenvalue weighted by Crippen LogP contribution is 2.34. The Morgan fingerprint density at radius 1 is 1.22 bits per heavy atom. The molecule has 2 heterocycles. The Balaban J connectivity index is 2.07. The molecule has 0 fully saturated rings. The molecular weight excluding hydrogens is 474 g/mol. The first-order valence-corrected chi connectivity index (χ1v) is 11.5. The zero-order chi connectivity index (χ0) is 23.8. The predicted molar refractivity (Wildman–Crippen MR) is 130 cm³/mol. The first kappa shape index (κ1) is 24.0. The zero-order valence-corrected chi connectivity index (χ0v) is 21.2. The number of H-pyrrole nitrogens is 1. The molecule has 32 heavy (non-hydrogen) atoms. The maximum absolute atomic E-state index is 12.9. The molecule has 0 aliphatic carbocycles. The Kier molecular flexibility index (Phi) is 6.83. The molecule has 7 nitrogen and oxygen atoms in total. The van der Waals surface area contributed by atoms with Crippen LogP contribution in [0.5, 0.6) is 5.75 Å². The lowest BCUT2D eigenvalue weighted by Crippen LogP contribution is -2.44. The maximum atomic E-state index is 12.9. The minimum absolute atomic E-state index is 0.219. The molecule has 0 saturated carbocycles. The molecule has 0 saturated heterocycles. The number of ether oxygens (including phenoxy) is 1. The lowest BCUT2D eigenvalue weighted by molar-refractivity contribution is -0.0970. The second kappa shape index (κ2) is 9.10. The molecule has 0 aliphatic rings. The number of hydrogen-bond acceptors (Lipinski definition) is 5. The standard InChI is InChI=1S/C24H30BrN3O4/c1-13(2)10-14(3)28(23(30)31-24(5,6)7)32-20-12-19-17(11-18(20)25)16-8-9-26-15(4)21(16)22(29)27-19/h8-9,11-14H,10H2,1-7H3,(H,27,29)/t14-/m0/s1. The monoisotopic (exact) mass is 503 g/mol.